The predicted octanol–water partition coefficient (Wildman–Crippen LogP) is 2.35. The number of hydrogen-bond acceptors (Lipinski definition) is 3. The molecule has 150 valence electrons. The highest BCUT2D eigenvalue weighted by molar-refractivity contribution is 5.81. The van der Waals surface area contributed by atoms with Crippen LogP contribution < -0.4 is 5.32 Å². The molecule has 0 unspecified atom stereocenters. The minimum Gasteiger partial charge on any atom is -0.378 e. The van der Waals surface area contributed by atoms with Crippen molar-refractivity contribution >= 4 is 11.9 Å². The SMILES string of the molecule is CCNC(=NCCCC(C)(C)C)N1CCC(C(=O)N2CCOCC2)CC1. The van der Waals surface area contributed by atoms with Crippen LogP contribution in [0.2, 0.25) is 0 Å². The van der Waals surface area contributed by atoms with E-state index >= 15 is 0 Å². The second-order valence-electron chi connectivity index (χ2n) is 8.60. The van der Waals surface area contributed by atoms with Gasteiger partial charge < -0.3 is 19.9 Å². The summed E-state index contributed by atoms with van der Waals surface area (Å²) in [5.41, 5.74) is 0.367. The van der Waals surface area contributed by atoms with E-state index in [1.807, 2.05) is 4.90 Å². The van der Waals surface area contributed by atoms with Crippen molar-refractivity contribution in [3.05, 3.63) is 0 Å². The summed E-state index contributed by atoms with van der Waals surface area (Å²) in [6, 6.07) is 0. The molecule has 1 N–H and O–H groups in total. The van der Waals surface area contributed by atoms with Crippen LogP contribution in [0.1, 0.15) is 53.4 Å². The molecule has 0 saturated carbocycles. The van der Waals surface area contributed by atoms with E-state index < -0.39 is 0 Å². The highest BCUT2D eigenvalue weighted by Gasteiger charge is 2.30. The maximum atomic E-state index is 12.7. The van der Waals surface area contributed by atoms with Crippen molar-refractivity contribution in [3.8, 4) is 0 Å². The number of nitrogens with zero attached hydrogens (tertiary/aromatic N) is 3. The van der Waals surface area contributed by atoms with Gasteiger partial charge in [0.25, 0.3) is 0 Å². The van der Waals surface area contributed by atoms with Gasteiger partial charge in [0.05, 0.1) is 13.2 Å². The van der Waals surface area contributed by atoms with Crippen molar-refractivity contribution in [3.63, 3.8) is 0 Å². The van der Waals surface area contributed by atoms with Crippen molar-refractivity contribution in [1.82, 2.24) is 15.1 Å². The maximum Gasteiger partial charge on any atom is 0.225 e. The molecule has 2 heterocycles. The Hall–Kier alpha value is -1.30. The minimum absolute atomic E-state index is 0.160. The zero-order valence-electron chi connectivity index (χ0n) is 17.2. The fourth-order valence-electron chi connectivity index (χ4n) is 3.60. The standard InChI is InChI=1S/C20H38N4O2/c1-5-21-19(22-10-6-9-20(2,3)4)24-11-7-17(8-12-24)18(25)23-13-15-26-16-14-23/h17H,5-16H2,1-4H3,(H,21,22). The molecule has 0 aromatic rings. The van der Waals surface area contributed by atoms with Crippen LogP contribution in [-0.4, -0.2) is 74.1 Å². The molecule has 0 radical (unpaired) electrons. The average molecular weight is 367 g/mol. The van der Waals surface area contributed by atoms with Gasteiger partial charge in [-0.1, -0.05) is 20.8 Å². The molecular formula is C20H38N4O2. The fraction of sp³-hybridized carbons (Fsp3) is 0.900. The van der Waals surface area contributed by atoms with Gasteiger partial charge in [0.15, 0.2) is 5.96 Å². The quantitative estimate of drug-likeness (QED) is 0.461. The molecule has 2 fully saturated rings. The second kappa shape index (κ2) is 10.1. The van der Waals surface area contributed by atoms with Gasteiger partial charge in [0, 0.05) is 45.2 Å². The molecule has 2 rings (SSSR count). The molecule has 0 bridgehead atoms. The van der Waals surface area contributed by atoms with Crippen LogP contribution in [-0.2, 0) is 9.53 Å². The van der Waals surface area contributed by atoms with E-state index in [-0.39, 0.29) is 5.92 Å². The molecule has 6 nitrogen and oxygen atoms in total. The number of carbonyl (C=O) groups is 1. The molecule has 6 heteroatoms. The van der Waals surface area contributed by atoms with Crippen LogP contribution in [0.25, 0.3) is 0 Å². The lowest BCUT2D eigenvalue weighted by molar-refractivity contribution is -0.140. The number of amides is 1. The highest BCUT2D eigenvalue weighted by atomic mass is 16.5. The number of hydrogen-bond donors (Lipinski definition) is 1. The van der Waals surface area contributed by atoms with Crippen molar-refractivity contribution in [2.75, 3.05) is 52.5 Å². The first-order chi connectivity index (χ1) is 12.4. The Morgan fingerprint density at radius 3 is 2.35 bits per heavy atom. The van der Waals surface area contributed by atoms with Crippen LogP contribution in [0.4, 0.5) is 0 Å². The number of morpholine rings is 1. The van der Waals surface area contributed by atoms with E-state index in [1.54, 1.807) is 0 Å². The number of aliphatic imine (C=N–C) groups is 1. The van der Waals surface area contributed by atoms with Gasteiger partial charge >= 0.3 is 0 Å². The van der Waals surface area contributed by atoms with Crippen LogP contribution in [0.3, 0.4) is 0 Å². The smallest absolute Gasteiger partial charge is 0.225 e. The number of piperidine rings is 1. The third kappa shape index (κ3) is 6.78. The lowest BCUT2D eigenvalue weighted by atomic mass is 9.91. The van der Waals surface area contributed by atoms with Crippen molar-refractivity contribution in [2.24, 2.45) is 16.3 Å². The fourth-order valence-corrected chi connectivity index (χ4v) is 3.60. The van der Waals surface area contributed by atoms with Gasteiger partial charge in [-0.3, -0.25) is 9.79 Å². The number of guanidine groups is 1. The first kappa shape index (κ1) is 21.0. The summed E-state index contributed by atoms with van der Waals surface area (Å²) in [6.07, 6.45) is 4.14. The molecule has 0 aromatic carbocycles. The van der Waals surface area contributed by atoms with E-state index in [0.717, 1.165) is 64.5 Å². The van der Waals surface area contributed by atoms with E-state index in [1.165, 1.54) is 6.42 Å². The third-order valence-electron chi connectivity index (χ3n) is 5.15. The number of nitrogens with one attached hydrogen (secondary N) is 1. The number of ether oxygens (including phenoxy) is 1. The van der Waals surface area contributed by atoms with E-state index in [4.69, 9.17) is 9.73 Å². The molecule has 0 atom stereocenters. The van der Waals surface area contributed by atoms with Crippen LogP contribution in [0.5, 0.6) is 0 Å². The van der Waals surface area contributed by atoms with Gasteiger partial charge in [-0.15, -0.1) is 0 Å². The van der Waals surface area contributed by atoms with E-state index in [2.05, 4.69) is 37.9 Å². The van der Waals surface area contributed by atoms with Crippen LogP contribution in [0, 0.1) is 11.3 Å². The molecule has 0 aromatic heterocycles. The van der Waals surface area contributed by atoms with Crippen molar-refractivity contribution < 1.29 is 9.53 Å². The lowest BCUT2D eigenvalue weighted by Crippen LogP contribution is -2.50. The molecule has 0 aliphatic carbocycles. The average Bonchev–Trinajstić information content (AvgIpc) is 2.64. The first-order valence-electron chi connectivity index (χ1n) is 10.3. The van der Waals surface area contributed by atoms with Gasteiger partial charge in [-0.2, -0.15) is 0 Å². The Morgan fingerprint density at radius 1 is 1.12 bits per heavy atom. The second-order valence-corrected chi connectivity index (χ2v) is 8.60. The largest absolute Gasteiger partial charge is 0.378 e. The molecule has 2 aliphatic rings. The predicted molar refractivity (Wildman–Crippen MR) is 106 cm³/mol. The van der Waals surface area contributed by atoms with Crippen LogP contribution in [0.15, 0.2) is 4.99 Å². The van der Waals surface area contributed by atoms with E-state index in [0.29, 0.717) is 24.5 Å². The third-order valence-corrected chi connectivity index (χ3v) is 5.15. The Labute approximate surface area is 159 Å². The van der Waals surface area contributed by atoms with Gasteiger partial charge in [-0.25, -0.2) is 0 Å². The zero-order chi connectivity index (χ0) is 19.0. The topological polar surface area (TPSA) is 57.2 Å². The highest BCUT2D eigenvalue weighted by Crippen LogP contribution is 2.22. The summed E-state index contributed by atoms with van der Waals surface area (Å²) in [5.74, 6) is 1.49. The number of likely N-dealkylation sites (tertiary alicyclic amines) is 1. The Kier molecular flexibility index (Phi) is 8.19. The normalized spacial score (nSPS) is 20.4. The summed E-state index contributed by atoms with van der Waals surface area (Å²) in [5, 5.41) is 3.42. The molecule has 1 amide bonds. The van der Waals surface area contributed by atoms with Crippen molar-refractivity contribution in [1.29, 1.82) is 0 Å². The summed E-state index contributed by atoms with van der Waals surface area (Å²) in [6.45, 7) is 15.4. The molecule has 26 heavy (non-hydrogen) atoms. The van der Waals surface area contributed by atoms with Gasteiger partial charge in [0.2, 0.25) is 5.91 Å². The molecule has 2 saturated heterocycles. The summed E-state index contributed by atoms with van der Waals surface area (Å²) in [4.78, 5) is 21.8. The molecule has 0 spiro atoms. The number of rotatable bonds is 5. The lowest BCUT2D eigenvalue weighted by Gasteiger charge is -2.36. The summed E-state index contributed by atoms with van der Waals surface area (Å²) < 4.78 is 5.35. The number of carbonyl (C=O) groups excluding carboxylic acids is 1. The van der Waals surface area contributed by atoms with Crippen LogP contribution >= 0.6 is 0 Å². The Balaban J connectivity index is 1.81. The first-order valence-corrected chi connectivity index (χ1v) is 10.3. The molecular weight excluding hydrogens is 328 g/mol. The Morgan fingerprint density at radius 2 is 1.77 bits per heavy atom. The van der Waals surface area contributed by atoms with E-state index in [9.17, 15) is 4.79 Å². The van der Waals surface area contributed by atoms with Gasteiger partial charge in [0.1, 0.15) is 0 Å². The summed E-state index contributed by atoms with van der Waals surface area (Å²) in [7, 11) is 0. The summed E-state index contributed by atoms with van der Waals surface area (Å²) >= 11 is 0. The minimum atomic E-state index is 0.160. The van der Waals surface area contributed by atoms with Crippen molar-refractivity contribution in [2.45, 2.75) is 53.4 Å². The molecule has 2 aliphatic heterocycles. The monoisotopic (exact) mass is 366 g/mol. The Bertz CT molecular complexity index is 459. The van der Waals surface area contributed by atoms with Gasteiger partial charge in [-0.05, 0) is 38.0 Å². The maximum absolute atomic E-state index is 12.7. The zero-order valence-corrected chi connectivity index (χ0v) is 17.2.